The highest BCUT2D eigenvalue weighted by Gasteiger charge is 2.08. The van der Waals surface area contributed by atoms with Crippen LogP contribution < -0.4 is 0 Å². The third kappa shape index (κ3) is 2.27. The van der Waals surface area contributed by atoms with Crippen LogP contribution in [0.15, 0.2) is 36.4 Å². The summed E-state index contributed by atoms with van der Waals surface area (Å²) in [5.41, 5.74) is 5.59. The number of fused-ring (bicyclic) bond motifs is 1. The molecule has 102 valence electrons. The SMILES string of the molecule is CCc1ccccc1Cn1c(=S)[nH]c2ccc(C)nc21. The van der Waals surface area contributed by atoms with Crippen LogP contribution in [0.25, 0.3) is 11.2 Å². The fourth-order valence-electron chi connectivity index (χ4n) is 2.50. The Bertz CT molecular complexity index is 814. The Kier molecular flexibility index (Phi) is 3.40. The van der Waals surface area contributed by atoms with Gasteiger partial charge in [-0.25, -0.2) is 4.98 Å². The Morgan fingerprint density at radius 3 is 2.65 bits per heavy atom. The van der Waals surface area contributed by atoms with E-state index in [0.29, 0.717) is 0 Å². The number of benzene rings is 1. The highest BCUT2D eigenvalue weighted by molar-refractivity contribution is 7.71. The van der Waals surface area contributed by atoms with Gasteiger partial charge in [0.25, 0.3) is 0 Å². The molecule has 0 aliphatic carbocycles. The van der Waals surface area contributed by atoms with Gasteiger partial charge in [-0.15, -0.1) is 0 Å². The van der Waals surface area contributed by atoms with Crippen LogP contribution in [0.3, 0.4) is 0 Å². The first-order valence-corrected chi connectivity index (χ1v) is 7.23. The quantitative estimate of drug-likeness (QED) is 0.737. The second kappa shape index (κ2) is 5.21. The fourth-order valence-corrected chi connectivity index (χ4v) is 2.76. The molecule has 0 amide bonds. The van der Waals surface area contributed by atoms with Crippen LogP contribution in [0, 0.1) is 11.7 Å². The zero-order valence-corrected chi connectivity index (χ0v) is 12.5. The van der Waals surface area contributed by atoms with Crippen LogP contribution in [0.2, 0.25) is 0 Å². The van der Waals surface area contributed by atoms with Crippen LogP contribution in [0.5, 0.6) is 0 Å². The molecule has 0 aliphatic rings. The van der Waals surface area contributed by atoms with Gasteiger partial charge in [0.2, 0.25) is 0 Å². The molecule has 2 heterocycles. The maximum Gasteiger partial charge on any atom is 0.179 e. The van der Waals surface area contributed by atoms with E-state index in [4.69, 9.17) is 12.2 Å². The predicted octanol–water partition coefficient (Wildman–Crippen LogP) is 4.01. The number of pyridine rings is 1. The monoisotopic (exact) mass is 283 g/mol. The number of aryl methyl sites for hydroxylation is 2. The molecule has 0 aliphatic heterocycles. The van der Waals surface area contributed by atoms with Crippen molar-refractivity contribution in [2.75, 3.05) is 0 Å². The summed E-state index contributed by atoms with van der Waals surface area (Å²) in [7, 11) is 0. The number of imidazole rings is 1. The maximum absolute atomic E-state index is 5.44. The number of H-pyrrole nitrogens is 1. The van der Waals surface area contributed by atoms with Gasteiger partial charge in [0.15, 0.2) is 10.4 Å². The summed E-state index contributed by atoms with van der Waals surface area (Å²) in [6.07, 6.45) is 1.03. The Morgan fingerprint density at radius 2 is 1.90 bits per heavy atom. The minimum atomic E-state index is 0.726. The van der Waals surface area contributed by atoms with Gasteiger partial charge in [-0.05, 0) is 48.8 Å². The lowest BCUT2D eigenvalue weighted by Crippen LogP contribution is -2.04. The van der Waals surface area contributed by atoms with Crippen molar-refractivity contribution in [2.24, 2.45) is 0 Å². The van der Waals surface area contributed by atoms with Crippen molar-refractivity contribution < 1.29 is 0 Å². The van der Waals surface area contributed by atoms with Gasteiger partial charge in [0, 0.05) is 5.69 Å². The van der Waals surface area contributed by atoms with E-state index in [1.54, 1.807) is 0 Å². The lowest BCUT2D eigenvalue weighted by Gasteiger charge is -2.09. The molecular formula is C16H17N3S. The number of hydrogen-bond acceptors (Lipinski definition) is 2. The second-order valence-corrected chi connectivity index (χ2v) is 5.35. The average molecular weight is 283 g/mol. The molecule has 0 saturated heterocycles. The summed E-state index contributed by atoms with van der Waals surface area (Å²) in [5.74, 6) is 0. The largest absolute Gasteiger partial charge is 0.329 e. The Balaban J connectivity index is 2.13. The summed E-state index contributed by atoms with van der Waals surface area (Å²) >= 11 is 5.44. The number of nitrogens with zero attached hydrogens (tertiary/aromatic N) is 2. The third-order valence-corrected chi connectivity index (χ3v) is 3.91. The number of nitrogens with one attached hydrogen (secondary N) is 1. The molecule has 0 saturated carbocycles. The zero-order valence-electron chi connectivity index (χ0n) is 11.7. The van der Waals surface area contributed by atoms with E-state index < -0.39 is 0 Å². The Hall–Kier alpha value is -1.94. The topological polar surface area (TPSA) is 33.6 Å². The smallest absolute Gasteiger partial charge is 0.179 e. The highest BCUT2D eigenvalue weighted by atomic mass is 32.1. The highest BCUT2D eigenvalue weighted by Crippen LogP contribution is 2.17. The van der Waals surface area contributed by atoms with E-state index in [1.807, 2.05) is 19.1 Å². The fraction of sp³-hybridized carbons (Fsp3) is 0.250. The molecule has 0 atom stereocenters. The lowest BCUT2D eigenvalue weighted by atomic mass is 10.1. The molecule has 0 bridgehead atoms. The van der Waals surface area contributed by atoms with Gasteiger partial charge in [-0.1, -0.05) is 31.2 Å². The Labute approximate surface area is 123 Å². The number of hydrogen-bond donors (Lipinski definition) is 1. The summed E-state index contributed by atoms with van der Waals surface area (Å²) in [6, 6.07) is 12.5. The molecule has 4 heteroatoms. The first-order valence-electron chi connectivity index (χ1n) is 6.82. The van der Waals surface area contributed by atoms with Crippen molar-refractivity contribution in [3.8, 4) is 0 Å². The molecule has 0 unspecified atom stereocenters. The van der Waals surface area contributed by atoms with E-state index in [0.717, 1.165) is 34.6 Å². The Morgan fingerprint density at radius 1 is 1.15 bits per heavy atom. The van der Waals surface area contributed by atoms with Crippen molar-refractivity contribution in [3.63, 3.8) is 0 Å². The van der Waals surface area contributed by atoms with Crippen molar-refractivity contribution in [3.05, 3.63) is 58.0 Å². The molecule has 3 rings (SSSR count). The van der Waals surface area contributed by atoms with E-state index in [-0.39, 0.29) is 0 Å². The van der Waals surface area contributed by atoms with E-state index in [2.05, 4.69) is 45.7 Å². The molecule has 20 heavy (non-hydrogen) atoms. The molecule has 1 N–H and O–H groups in total. The van der Waals surface area contributed by atoms with Gasteiger partial charge in [0.05, 0.1) is 12.1 Å². The van der Waals surface area contributed by atoms with E-state index >= 15 is 0 Å². The van der Waals surface area contributed by atoms with E-state index in [1.165, 1.54) is 11.1 Å². The van der Waals surface area contributed by atoms with Crippen molar-refractivity contribution in [2.45, 2.75) is 26.8 Å². The molecule has 3 nitrogen and oxygen atoms in total. The first-order chi connectivity index (χ1) is 9.69. The summed E-state index contributed by atoms with van der Waals surface area (Å²) in [4.78, 5) is 7.84. The van der Waals surface area contributed by atoms with Crippen molar-refractivity contribution in [1.82, 2.24) is 14.5 Å². The van der Waals surface area contributed by atoms with Crippen LogP contribution in [0.4, 0.5) is 0 Å². The molecular weight excluding hydrogens is 266 g/mol. The van der Waals surface area contributed by atoms with Gasteiger partial charge < -0.3 is 4.98 Å². The van der Waals surface area contributed by atoms with Gasteiger partial charge in [-0.2, -0.15) is 0 Å². The molecule has 0 radical (unpaired) electrons. The first kappa shape index (κ1) is 13.1. The van der Waals surface area contributed by atoms with Gasteiger partial charge >= 0.3 is 0 Å². The normalized spacial score (nSPS) is 11.1. The van der Waals surface area contributed by atoms with Gasteiger partial charge in [-0.3, -0.25) is 4.57 Å². The summed E-state index contributed by atoms with van der Waals surface area (Å²) < 4.78 is 2.80. The molecule has 0 fully saturated rings. The summed E-state index contributed by atoms with van der Waals surface area (Å²) in [6.45, 7) is 4.94. The molecule has 3 aromatic rings. The molecule has 0 spiro atoms. The average Bonchev–Trinajstić information content (AvgIpc) is 2.76. The van der Waals surface area contributed by atoms with Crippen LogP contribution in [-0.4, -0.2) is 14.5 Å². The maximum atomic E-state index is 5.44. The minimum Gasteiger partial charge on any atom is -0.329 e. The minimum absolute atomic E-state index is 0.726. The van der Waals surface area contributed by atoms with Crippen LogP contribution in [0.1, 0.15) is 23.7 Å². The molecule has 1 aromatic carbocycles. The second-order valence-electron chi connectivity index (χ2n) is 4.96. The number of rotatable bonds is 3. The molecule has 2 aromatic heterocycles. The van der Waals surface area contributed by atoms with Crippen molar-refractivity contribution >= 4 is 23.4 Å². The lowest BCUT2D eigenvalue weighted by molar-refractivity contribution is 0.789. The van der Waals surface area contributed by atoms with Crippen LogP contribution in [-0.2, 0) is 13.0 Å². The van der Waals surface area contributed by atoms with Crippen LogP contribution >= 0.6 is 12.2 Å². The number of aromatic amines is 1. The standard InChI is InChI=1S/C16H17N3S/c1-3-12-6-4-5-7-13(12)10-19-15-14(18-16(19)20)9-8-11(2)17-15/h4-9H,3,10H2,1-2H3,(H,18,20). The van der Waals surface area contributed by atoms with Crippen molar-refractivity contribution in [1.29, 1.82) is 0 Å². The predicted molar refractivity (Wildman–Crippen MR) is 84.6 cm³/mol. The third-order valence-electron chi connectivity index (χ3n) is 3.58. The van der Waals surface area contributed by atoms with E-state index in [9.17, 15) is 0 Å². The summed E-state index contributed by atoms with van der Waals surface area (Å²) in [5, 5.41) is 0. The van der Waals surface area contributed by atoms with Gasteiger partial charge in [0.1, 0.15) is 0 Å². The number of aromatic nitrogens is 3. The zero-order chi connectivity index (χ0) is 14.1.